The number of halogens is 1. The number of carbonyl (C=O) groups excluding carboxylic acids is 1. The molecule has 6 nitrogen and oxygen atoms in total. The molecule has 2 aliphatic heterocycles. The van der Waals surface area contributed by atoms with Crippen molar-refractivity contribution in [2.75, 3.05) is 39.3 Å². The van der Waals surface area contributed by atoms with Gasteiger partial charge in [-0.3, -0.25) is 0 Å². The second-order valence-electron chi connectivity index (χ2n) is 7.13. The zero-order chi connectivity index (χ0) is 19.7. The molecule has 2 heterocycles. The monoisotopic (exact) mass is 386 g/mol. The molecule has 2 aromatic rings. The quantitative estimate of drug-likeness (QED) is 0.871. The van der Waals surface area contributed by atoms with Crippen LogP contribution in [0, 0.1) is 17.7 Å². The number of rotatable bonds is 4. The maximum Gasteiger partial charge on any atom is 0.322 e. The lowest BCUT2D eigenvalue weighted by atomic mass is 9.85. The first-order chi connectivity index (χ1) is 13.6. The Labute approximate surface area is 163 Å². The number of hydrogen-bond acceptors (Lipinski definition) is 4. The molecule has 1 fully saturated rings. The van der Waals surface area contributed by atoms with Crippen LogP contribution in [0.5, 0.6) is 11.5 Å². The van der Waals surface area contributed by atoms with Crippen LogP contribution in [0.25, 0.3) is 0 Å². The van der Waals surface area contributed by atoms with Crippen LogP contribution in [0.2, 0.25) is 0 Å². The predicted octanol–water partition coefficient (Wildman–Crippen LogP) is 3.69. The Balaban J connectivity index is 1.64. The van der Waals surface area contributed by atoms with Crippen LogP contribution in [0.4, 0.5) is 14.9 Å². The molecule has 0 spiro atoms. The number of amides is 2. The minimum Gasteiger partial charge on any atom is -0.497 e. The summed E-state index contributed by atoms with van der Waals surface area (Å²) < 4.78 is 30.4. The van der Waals surface area contributed by atoms with Gasteiger partial charge in [-0.1, -0.05) is 6.07 Å². The fourth-order valence-electron chi connectivity index (χ4n) is 4.18. The van der Waals surface area contributed by atoms with Crippen molar-refractivity contribution in [1.29, 1.82) is 0 Å². The zero-order valence-electron chi connectivity index (χ0n) is 15.9. The van der Waals surface area contributed by atoms with E-state index in [4.69, 9.17) is 14.2 Å². The van der Waals surface area contributed by atoms with Gasteiger partial charge in [-0.05, 0) is 30.3 Å². The lowest BCUT2D eigenvalue weighted by Gasteiger charge is -2.34. The molecule has 0 unspecified atom stereocenters. The van der Waals surface area contributed by atoms with Crippen molar-refractivity contribution >= 4 is 11.7 Å². The zero-order valence-corrected chi connectivity index (χ0v) is 15.9. The summed E-state index contributed by atoms with van der Waals surface area (Å²) in [5.41, 5.74) is 1.35. The maximum absolute atomic E-state index is 13.9. The summed E-state index contributed by atoms with van der Waals surface area (Å²) in [7, 11) is 3.22. The molecule has 0 saturated carbocycles. The number of fused-ring (bicyclic) bond motifs is 3. The van der Waals surface area contributed by atoms with E-state index < -0.39 is 0 Å². The van der Waals surface area contributed by atoms with Crippen LogP contribution in [0.1, 0.15) is 11.6 Å². The van der Waals surface area contributed by atoms with Gasteiger partial charge in [0.2, 0.25) is 0 Å². The molecule has 3 atom stereocenters. The number of anilines is 1. The number of urea groups is 1. The summed E-state index contributed by atoms with van der Waals surface area (Å²) in [6, 6.07) is 11.2. The molecule has 1 N–H and O–H groups in total. The second kappa shape index (κ2) is 7.67. The average Bonchev–Trinajstić information content (AvgIpc) is 3.07. The highest BCUT2D eigenvalue weighted by Crippen LogP contribution is 2.47. The third-order valence-corrected chi connectivity index (χ3v) is 5.46. The highest BCUT2D eigenvalue weighted by molar-refractivity contribution is 5.90. The van der Waals surface area contributed by atoms with E-state index in [1.54, 1.807) is 37.3 Å². The van der Waals surface area contributed by atoms with Crippen molar-refractivity contribution in [2.24, 2.45) is 11.8 Å². The van der Waals surface area contributed by atoms with Crippen LogP contribution < -0.4 is 14.8 Å². The minimum atomic E-state index is -0.341. The highest BCUT2D eigenvalue weighted by Gasteiger charge is 2.48. The van der Waals surface area contributed by atoms with Gasteiger partial charge in [0.15, 0.2) is 0 Å². The molecule has 0 aromatic heterocycles. The Morgan fingerprint density at radius 2 is 2.14 bits per heavy atom. The van der Waals surface area contributed by atoms with Crippen molar-refractivity contribution in [3.8, 4) is 11.5 Å². The van der Waals surface area contributed by atoms with Crippen molar-refractivity contribution in [1.82, 2.24) is 4.90 Å². The van der Waals surface area contributed by atoms with E-state index in [1.807, 2.05) is 12.1 Å². The van der Waals surface area contributed by atoms with Crippen LogP contribution in [-0.4, -0.2) is 44.9 Å². The van der Waals surface area contributed by atoms with Gasteiger partial charge in [-0.2, -0.15) is 0 Å². The standard InChI is InChI=1S/C21H23FN2O4/c1-26-11-13-10-24(21(25)23-15-4-3-5-16(9-15)27-2)20-17-8-14(22)6-7-19(17)28-12-18(13)20/h3-9,13,18,20H,10-12H2,1-2H3,(H,23,25)/t13-,18-,20-/m0/s1. The van der Waals surface area contributed by atoms with Crippen molar-refractivity contribution in [3.63, 3.8) is 0 Å². The summed E-state index contributed by atoms with van der Waals surface area (Å²) >= 11 is 0. The van der Waals surface area contributed by atoms with Crippen LogP contribution >= 0.6 is 0 Å². The van der Waals surface area contributed by atoms with Crippen LogP contribution in [-0.2, 0) is 4.74 Å². The van der Waals surface area contributed by atoms with E-state index >= 15 is 0 Å². The van der Waals surface area contributed by atoms with Gasteiger partial charge < -0.3 is 24.4 Å². The van der Waals surface area contributed by atoms with E-state index in [1.165, 1.54) is 12.1 Å². The number of ether oxygens (including phenoxy) is 3. The lowest BCUT2D eigenvalue weighted by Crippen LogP contribution is -2.38. The summed E-state index contributed by atoms with van der Waals surface area (Å²) in [5.74, 6) is 1.10. The molecular formula is C21H23FN2O4. The van der Waals surface area contributed by atoms with E-state index in [0.717, 1.165) is 0 Å². The number of likely N-dealkylation sites (tertiary alicyclic amines) is 1. The molecule has 148 valence electrons. The van der Waals surface area contributed by atoms with Gasteiger partial charge >= 0.3 is 6.03 Å². The second-order valence-corrected chi connectivity index (χ2v) is 7.13. The number of methoxy groups -OCH3 is 2. The average molecular weight is 386 g/mol. The smallest absolute Gasteiger partial charge is 0.322 e. The molecule has 1 saturated heterocycles. The Morgan fingerprint density at radius 3 is 2.93 bits per heavy atom. The molecule has 28 heavy (non-hydrogen) atoms. The first kappa shape index (κ1) is 18.6. The first-order valence-corrected chi connectivity index (χ1v) is 9.23. The van der Waals surface area contributed by atoms with Crippen LogP contribution in [0.3, 0.4) is 0 Å². The summed E-state index contributed by atoms with van der Waals surface area (Å²) in [4.78, 5) is 14.9. The van der Waals surface area contributed by atoms with Crippen molar-refractivity contribution in [2.45, 2.75) is 6.04 Å². The molecule has 0 bridgehead atoms. The summed E-state index contributed by atoms with van der Waals surface area (Å²) in [6.07, 6.45) is 0. The number of hydrogen-bond donors (Lipinski definition) is 1. The van der Waals surface area contributed by atoms with E-state index in [2.05, 4.69) is 5.32 Å². The fraction of sp³-hybridized carbons (Fsp3) is 0.381. The van der Waals surface area contributed by atoms with Gasteiger partial charge in [0, 0.05) is 42.8 Å². The van der Waals surface area contributed by atoms with Gasteiger partial charge in [0.05, 0.1) is 26.4 Å². The molecule has 0 aliphatic carbocycles. The lowest BCUT2D eigenvalue weighted by molar-refractivity contribution is 0.100. The highest BCUT2D eigenvalue weighted by atomic mass is 19.1. The van der Waals surface area contributed by atoms with Gasteiger partial charge in [-0.15, -0.1) is 0 Å². The Bertz CT molecular complexity index is 875. The Morgan fingerprint density at radius 1 is 1.29 bits per heavy atom. The number of benzene rings is 2. The van der Waals surface area contributed by atoms with Gasteiger partial charge in [-0.25, -0.2) is 9.18 Å². The number of nitrogens with one attached hydrogen (secondary N) is 1. The third-order valence-electron chi connectivity index (χ3n) is 5.46. The molecule has 7 heteroatoms. The number of nitrogens with zero attached hydrogens (tertiary/aromatic N) is 1. The largest absolute Gasteiger partial charge is 0.497 e. The topological polar surface area (TPSA) is 60.0 Å². The van der Waals surface area contributed by atoms with E-state index in [-0.39, 0.29) is 29.7 Å². The minimum absolute atomic E-state index is 0.0466. The Kier molecular flexibility index (Phi) is 5.09. The summed E-state index contributed by atoms with van der Waals surface area (Å²) in [5, 5.41) is 2.93. The fourth-order valence-corrected chi connectivity index (χ4v) is 4.18. The van der Waals surface area contributed by atoms with E-state index in [0.29, 0.717) is 42.5 Å². The molecule has 2 aliphatic rings. The van der Waals surface area contributed by atoms with Gasteiger partial charge in [0.1, 0.15) is 17.3 Å². The molecule has 2 amide bonds. The maximum atomic E-state index is 13.9. The predicted molar refractivity (Wildman–Crippen MR) is 102 cm³/mol. The molecule has 4 rings (SSSR count). The van der Waals surface area contributed by atoms with Crippen LogP contribution in [0.15, 0.2) is 42.5 Å². The normalized spacial score (nSPS) is 22.8. The molecule has 0 radical (unpaired) electrons. The third kappa shape index (κ3) is 3.38. The van der Waals surface area contributed by atoms with Crippen molar-refractivity contribution in [3.05, 3.63) is 53.8 Å². The molecular weight excluding hydrogens is 363 g/mol. The SMILES string of the molecule is COC[C@@H]1CN(C(=O)Nc2cccc(OC)c2)[C@H]2c3cc(F)ccc3OC[C@@H]12. The summed E-state index contributed by atoms with van der Waals surface area (Å²) in [6.45, 7) is 1.50. The van der Waals surface area contributed by atoms with Crippen molar-refractivity contribution < 1.29 is 23.4 Å². The molecule has 2 aromatic carbocycles. The first-order valence-electron chi connectivity index (χ1n) is 9.23. The van der Waals surface area contributed by atoms with E-state index in [9.17, 15) is 9.18 Å². The van der Waals surface area contributed by atoms with Gasteiger partial charge in [0.25, 0.3) is 0 Å². The Hall–Kier alpha value is -2.80. The number of carbonyl (C=O) groups is 1.